The first-order chi connectivity index (χ1) is 12.5. The van der Waals surface area contributed by atoms with Crippen LogP contribution in [0, 0.1) is 12.1 Å². The number of pyridine rings is 2. The maximum absolute atomic E-state index is 13.1. The van der Waals surface area contributed by atoms with Gasteiger partial charge in [-0.1, -0.05) is 18.2 Å². The monoisotopic (exact) mass is 365 g/mol. The largest absolute Gasteiger partial charge is 0.618 e. The van der Waals surface area contributed by atoms with E-state index in [1.54, 1.807) is 48.7 Å². The summed E-state index contributed by atoms with van der Waals surface area (Å²) < 4.78 is 28.1. The molecule has 0 saturated carbocycles. The average molecular weight is 365 g/mol. The standard InChI is InChI=1S/C19H15N3O3S/c1-14-10-11-20-19-18(14)16(17-9-5-6-12-21(17)23)13-22(19)26(24,25)15-7-3-2-4-8-15/h2-13H,1H3. The highest BCUT2D eigenvalue weighted by Crippen LogP contribution is 2.32. The molecule has 0 saturated heterocycles. The second kappa shape index (κ2) is 5.96. The van der Waals surface area contributed by atoms with Crippen LogP contribution >= 0.6 is 0 Å². The van der Waals surface area contributed by atoms with Gasteiger partial charge in [0, 0.05) is 29.9 Å². The van der Waals surface area contributed by atoms with E-state index in [4.69, 9.17) is 0 Å². The molecular weight excluding hydrogens is 350 g/mol. The minimum atomic E-state index is -3.84. The Morgan fingerprint density at radius 3 is 2.50 bits per heavy atom. The topological polar surface area (TPSA) is 78.9 Å². The first-order valence-electron chi connectivity index (χ1n) is 7.96. The quantitative estimate of drug-likeness (QED) is 0.413. The van der Waals surface area contributed by atoms with E-state index < -0.39 is 10.0 Å². The highest BCUT2D eigenvalue weighted by molar-refractivity contribution is 7.90. The fourth-order valence-corrected chi connectivity index (χ4v) is 4.35. The van der Waals surface area contributed by atoms with E-state index in [-0.39, 0.29) is 4.90 Å². The molecule has 7 heteroatoms. The van der Waals surface area contributed by atoms with Gasteiger partial charge in [0.25, 0.3) is 10.0 Å². The molecule has 0 aliphatic heterocycles. The number of nitrogens with zero attached hydrogens (tertiary/aromatic N) is 3. The SMILES string of the molecule is Cc1ccnc2c1c(-c1cccc[n+]1[O-])cn2S(=O)(=O)c1ccccc1. The molecule has 0 aliphatic carbocycles. The number of aromatic nitrogens is 3. The van der Waals surface area contributed by atoms with Crippen molar-refractivity contribution in [2.45, 2.75) is 11.8 Å². The van der Waals surface area contributed by atoms with Crippen LogP contribution in [0.4, 0.5) is 0 Å². The molecule has 3 heterocycles. The van der Waals surface area contributed by atoms with Crippen LogP contribution in [0.2, 0.25) is 0 Å². The molecule has 0 radical (unpaired) electrons. The average Bonchev–Trinajstić information content (AvgIpc) is 3.04. The summed E-state index contributed by atoms with van der Waals surface area (Å²) in [5, 5.41) is 12.9. The van der Waals surface area contributed by atoms with Crippen molar-refractivity contribution in [3.63, 3.8) is 0 Å². The van der Waals surface area contributed by atoms with Gasteiger partial charge >= 0.3 is 0 Å². The molecule has 0 spiro atoms. The summed E-state index contributed by atoms with van der Waals surface area (Å²) >= 11 is 0. The van der Waals surface area contributed by atoms with Crippen molar-refractivity contribution in [1.29, 1.82) is 0 Å². The molecule has 4 aromatic rings. The minimum absolute atomic E-state index is 0.162. The van der Waals surface area contributed by atoms with Crippen molar-refractivity contribution < 1.29 is 13.1 Å². The number of hydrogen-bond donors (Lipinski definition) is 0. The second-order valence-electron chi connectivity index (χ2n) is 5.89. The first kappa shape index (κ1) is 16.3. The number of benzene rings is 1. The number of fused-ring (bicyclic) bond motifs is 1. The molecule has 0 bridgehead atoms. The molecule has 0 unspecified atom stereocenters. The highest BCUT2D eigenvalue weighted by atomic mass is 32.2. The van der Waals surface area contributed by atoms with Crippen LogP contribution in [0.25, 0.3) is 22.3 Å². The molecule has 130 valence electrons. The van der Waals surface area contributed by atoms with Crippen LogP contribution in [-0.4, -0.2) is 17.4 Å². The number of hydrogen-bond acceptors (Lipinski definition) is 4. The van der Waals surface area contributed by atoms with Gasteiger partial charge in [0.15, 0.2) is 11.8 Å². The van der Waals surface area contributed by atoms with Crippen LogP contribution in [0.15, 0.2) is 78.1 Å². The maximum atomic E-state index is 13.1. The Balaban J connectivity index is 2.08. The van der Waals surface area contributed by atoms with E-state index in [1.165, 1.54) is 24.5 Å². The lowest BCUT2D eigenvalue weighted by Gasteiger charge is -2.06. The van der Waals surface area contributed by atoms with Crippen molar-refractivity contribution in [1.82, 2.24) is 8.96 Å². The van der Waals surface area contributed by atoms with Gasteiger partial charge in [-0.3, -0.25) is 0 Å². The molecule has 4 rings (SSSR count). The van der Waals surface area contributed by atoms with Gasteiger partial charge in [0.2, 0.25) is 5.69 Å². The third-order valence-corrected chi connectivity index (χ3v) is 5.93. The Morgan fingerprint density at radius 2 is 1.77 bits per heavy atom. The fourth-order valence-electron chi connectivity index (χ4n) is 3.01. The smallest absolute Gasteiger partial charge is 0.269 e. The summed E-state index contributed by atoms with van der Waals surface area (Å²) in [5.74, 6) is 0. The molecule has 0 atom stereocenters. The molecule has 0 amide bonds. The van der Waals surface area contributed by atoms with Gasteiger partial charge in [0.1, 0.15) is 0 Å². The van der Waals surface area contributed by atoms with Crippen LogP contribution in [0.3, 0.4) is 0 Å². The van der Waals surface area contributed by atoms with E-state index in [0.29, 0.717) is 22.3 Å². The minimum Gasteiger partial charge on any atom is -0.618 e. The summed E-state index contributed by atoms with van der Waals surface area (Å²) in [7, 11) is -3.84. The van der Waals surface area contributed by atoms with Crippen LogP contribution < -0.4 is 4.73 Å². The predicted octanol–water partition coefficient (Wildman–Crippen LogP) is 2.88. The summed E-state index contributed by atoms with van der Waals surface area (Å²) in [4.78, 5) is 4.44. The maximum Gasteiger partial charge on any atom is 0.269 e. The van der Waals surface area contributed by atoms with Crippen molar-refractivity contribution in [2.24, 2.45) is 0 Å². The third-order valence-electron chi connectivity index (χ3n) is 4.26. The van der Waals surface area contributed by atoms with E-state index in [0.717, 1.165) is 14.3 Å². The summed E-state index contributed by atoms with van der Waals surface area (Å²) in [6.45, 7) is 1.87. The molecular formula is C19H15N3O3S. The number of aryl methyl sites for hydroxylation is 1. The Labute approximate surface area is 150 Å². The Hall–Kier alpha value is -3.19. The predicted molar refractivity (Wildman–Crippen MR) is 97.9 cm³/mol. The Bertz CT molecular complexity index is 1220. The van der Waals surface area contributed by atoms with E-state index in [2.05, 4.69) is 4.98 Å². The van der Waals surface area contributed by atoms with Crippen molar-refractivity contribution in [3.05, 3.63) is 84.0 Å². The summed E-state index contributed by atoms with van der Waals surface area (Å²) in [6, 6.07) is 15.0. The zero-order valence-corrected chi connectivity index (χ0v) is 14.7. The van der Waals surface area contributed by atoms with E-state index in [9.17, 15) is 13.6 Å². The van der Waals surface area contributed by atoms with Gasteiger partial charge in [-0.05, 0) is 36.8 Å². The fraction of sp³-hybridized carbons (Fsp3) is 0.0526. The molecule has 0 N–H and O–H groups in total. The highest BCUT2D eigenvalue weighted by Gasteiger charge is 2.25. The third kappa shape index (κ3) is 2.44. The molecule has 6 nitrogen and oxygen atoms in total. The van der Waals surface area contributed by atoms with Gasteiger partial charge < -0.3 is 5.21 Å². The van der Waals surface area contributed by atoms with Crippen molar-refractivity contribution in [3.8, 4) is 11.3 Å². The van der Waals surface area contributed by atoms with Gasteiger partial charge in [-0.2, -0.15) is 4.73 Å². The lowest BCUT2D eigenvalue weighted by atomic mass is 10.1. The molecule has 26 heavy (non-hydrogen) atoms. The lowest BCUT2D eigenvalue weighted by molar-refractivity contribution is -0.593. The zero-order chi connectivity index (χ0) is 18.3. The second-order valence-corrected chi connectivity index (χ2v) is 7.71. The Kier molecular flexibility index (Phi) is 3.73. The van der Waals surface area contributed by atoms with Gasteiger partial charge in [-0.15, -0.1) is 0 Å². The van der Waals surface area contributed by atoms with E-state index in [1.807, 2.05) is 6.92 Å². The van der Waals surface area contributed by atoms with E-state index >= 15 is 0 Å². The number of rotatable bonds is 3. The normalized spacial score (nSPS) is 11.7. The van der Waals surface area contributed by atoms with Crippen LogP contribution in [0.5, 0.6) is 0 Å². The van der Waals surface area contributed by atoms with Gasteiger partial charge in [0.05, 0.1) is 10.5 Å². The van der Waals surface area contributed by atoms with Crippen LogP contribution in [-0.2, 0) is 10.0 Å². The molecule has 1 aromatic carbocycles. The molecule has 0 aliphatic rings. The van der Waals surface area contributed by atoms with Crippen molar-refractivity contribution in [2.75, 3.05) is 0 Å². The molecule has 3 aromatic heterocycles. The lowest BCUT2D eigenvalue weighted by Crippen LogP contribution is -2.27. The zero-order valence-electron chi connectivity index (χ0n) is 13.9. The molecule has 0 fully saturated rings. The van der Waals surface area contributed by atoms with Crippen LogP contribution in [0.1, 0.15) is 5.56 Å². The van der Waals surface area contributed by atoms with Crippen molar-refractivity contribution >= 4 is 21.1 Å². The summed E-state index contributed by atoms with van der Waals surface area (Å²) in [5.41, 5.74) is 2.04. The summed E-state index contributed by atoms with van der Waals surface area (Å²) in [6.07, 6.45) is 4.42. The Morgan fingerprint density at radius 1 is 1.04 bits per heavy atom. The van der Waals surface area contributed by atoms with Gasteiger partial charge in [-0.25, -0.2) is 17.4 Å². The first-order valence-corrected chi connectivity index (χ1v) is 9.40.